The third-order valence-corrected chi connectivity index (χ3v) is 7.32. The van der Waals surface area contributed by atoms with E-state index in [1.54, 1.807) is 23.9 Å². The van der Waals surface area contributed by atoms with Crippen molar-refractivity contribution in [2.75, 3.05) is 0 Å². The molecule has 0 aliphatic carbocycles. The minimum atomic E-state index is -0.980. The number of amides is 1. The van der Waals surface area contributed by atoms with Crippen LogP contribution in [0.25, 0.3) is 10.9 Å². The van der Waals surface area contributed by atoms with E-state index < -0.39 is 5.97 Å². The SMILES string of the molecule is O=C(O)c1ccc(CNC(=O)c2ccc(Sc3ccccc3)c3ccn(Cc4cccc(Cl)c4)c23)cc1. The van der Waals surface area contributed by atoms with Gasteiger partial charge in [0.15, 0.2) is 0 Å². The zero-order valence-corrected chi connectivity index (χ0v) is 21.3. The Morgan fingerprint density at radius 1 is 0.865 bits per heavy atom. The first kappa shape index (κ1) is 24.7. The molecular formula is C30H23ClN2O3S. The lowest BCUT2D eigenvalue weighted by Crippen LogP contribution is -2.23. The molecule has 5 rings (SSSR count). The Bertz CT molecular complexity index is 1580. The Labute approximate surface area is 223 Å². The van der Waals surface area contributed by atoms with Gasteiger partial charge in [-0.1, -0.05) is 65.8 Å². The normalized spacial score (nSPS) is 10.9. The summed E-state index contributed by atoms with van der Waals surface area (Å²) in [6, 6.07) is 30.2. The van der Waals surface area contributed by atoms with Gasteiger partial charge in [0, 0.05) is 39.5 Å². The molecule has 0 atom stereocenters. The van der Waals surface area contributed by atoms with Crippen LogP contribution in [0.4, 0.5) is 0 Å². The summed E-state index contributed by atoms with van der Waals surface area (Å²) in [4.78, 5) is 26.7. The van der Waals surface area contributed by atoms with Gasteiger partial charge in [0.1, 0.15) is 0 Å². The average molecular weight is 527 g/mol. The predicted octanol–water partition coefficient (Wildman–Crippen LogP) is 7.12. The quantitative estimate of drug-likeness (QED) is 0.226. The topological polar surface area (TPSA) is 71.3 Å². The minimum Gasteiger partial charge on any atom is -0.478 e. The van der Waals surface area contributed by atoms with Gasteiger partial charge in [0.05, 0.1) is 16.6 Å². The molecule has 0 saturated carbocycles. The van der Waals surface area contributed by atoms with Crippen molar-refractivity contribution in [3.05, 3.63) is 131 Å². The van der Waals surface area contributed by atoms with E-state index in [0.29, 0.717) is 17.1 Å². The Morgan fingerprint density at radius 2 is 1.65 bits per heavy atom. The van der Waals surface area contributed by atoms with E-state index in [1.807, 2.05) is 66.9 Å². The molecule has 1 amide bonds. The Balaban J connectivity index is 1.48. The Morgan fingerprint density at radius 3 is 2.38 bits per heavy atom. The molecular weight excluding hydrogens is 504 g/mol. The van der Waals surface area contributed by atoms with Gasteiger partial charge < -0.3 is 15.0 Å². The second kappa shape index (κ2) is 10.9. The highest BCUT2D eigenvalue weighted by Gasteiger charge is 2.17. The van der Waals surface area contributed by atoms with Crippen molar-refractivity contribution in [3.8, 4) is 0 Å². The highest BCUT2D eigenvalue weighted by Crippen LogP contribution is 2.36. The summed E-state index contributed by atoms with van der Waals surface area (Å²) in [5, 5.41) is 13.8. The molecule has 1 heterocycles. The first-order chi connectivity index (χ1) is 18.0. The van der Waals surface area contributed by atoms with Gasteiger partial charge in [0.25, 0.3) is 5.91 Å². The summed E-state index contributed by atoms with van der Waals surface area (Å²) in [6.07, 6.45) is 2.00. The van der Waals surface area contributed by atoms with Gasteiger partial charge in [-0.25, -0.2) is 4.79 Å². The molecule has 37 heavy (non-hydrogen) atoms. The van der Waals surface area contributed by atoms with E-state index in [9.17, 15) is 9.59 Å². The van der Waals surface area contributed by atoms with Crippen LogP contribution in [0.3, 0.4) is 0 Å². The van der Waals surface area contributed by atoms with E-state index >= 15 is 0 Å². The van der Waals surface area contributed by atoms with Gasteiger partial charge in [-0.2, -0.15) is 0 Å². The van der Waals surface area contributed by atoms with E-state index in [1.165, 1.54) is 12.1 Å². The molecule has 0 saturated heterocycles. The number of carboxylic acids is 1. The van der Waals surface area contributed by atoms with Crippen molar-refractivity contribution < 1.29 is 14.7 Å². The van der Waals surface area contributed by atoms with Crippen LogP contribution in [0.5, 0.6) is 0 Å². The molecule has 5 nitrogen and oxygen atoms in total. The van der Waals surface area contributed by atoms with Gasteiger partial charge in [-0.05, 0) is 65.7 Å². The fourth-order valence-electron chi connectivity index (χ4n) is 4.19. The third kappa shape index (κ3) is 5.71. The lowest BCUT2D eigenvalue weighted by atomic mass is 10.1. The van der Waals surface area contributed by atoms with Crippen molar-refractivity contribution in [2.24, 2.45) is 0 Å². The maximum atomic E-state index is 13.4. The van der Waals surface area contributed by atoms with Crippen molar-refractivity contribution in [1.82, 2.24) is 9.88 Å². The molecule has 5 aromatic rings. The number of hydrogen-bond acceptors (Lipinski definition) is 3. The average Bonchev–Trinajstić information content (AvgIpc) is 3.32. The number of aromatic carboxylic acids is 1. The third-order valence-electron chi connectivity index (χ3n) is 6.00. The fourth-order valence-corrected chi connectivity index (χ4v) is 5.36. The molecule has 0 bridgehead atoms. The molecule has 0 unspecified atom stereocenters. The van der Waals surface area contributed by atoms with Crippen molar-refractivity contribution in [2.45, 2.75) is 22.9 Å². The number of benzene rings is 4. The summed E-state index contributed by atoms with van der Waals surface area (Å²) < 4.78 is 2.08. The van der Waals surface area contributed by atoms with E-state index in [4.69, 9.17) is 16.7 Å². The van der Waals surface area contributed by atoms with E-state index in [0.717, 1.165) is 31.8 Å². The van der Waals surface area contributed by atoms with Crippen LogP contribution in [0, 0.1) is 0 Å². The Hall–Kier alpha value is -4.00. The number of carbonyl (C=O) groups excluding carboxylic acids is 1. The summed E-state index contributed by atoms with van der Waals surface area (Å²) in [6.45, 7) is 0.857. The number of aromatic nitrogens is 1. The van der Waals surface area contributed by atoms with Crippen molar-refractivity contribution in [1.29, 1.82) is 0 Å². The number of fused-ring (bicyclic) bond motifs is 1. The minimum absolute atomic E-state index is 0.199. The molecule has 0 aliphatic rings. The highest BCUT2D eigenvalue weighted by molar-refractivity contribution is 7.99. The van der Waals surface area contributed by atoms with E-state index in [-0.39, 0.29) is 18.0 Å². The lowest BCUT2D eigenvalue weighted by molar-refractivity contribution is 0.0696. The molecule has 0 radical (unpaired) electrons. The van der Waals surface area contributed by atoms with Crippen LogP contribution in [0.1, 0.15) is 31.8 Å². The van der Waals surface area contributed by atoms with Gasteiger partial charge in [0.2, 0.25) is 0 Å². The van der Waals surface area contributed by atoms with Crippen LogP contribution in [0.15, 0.2) is 113 Å². The van der Waals surface area contributed by atoms with Crippen molar-refractivity contribution >= 4 is 46.1 Å². The van der Waals surface area contributed by atoms with Crippen LogP contribution in [-0.2, 0) is 13.1 Å². The number of rotatable bonds is 8. The maximum Gasteiger partial charge on any atom is 0.335 e. The van der Waals surface area contributed by atoms with Crippen LogP contribution < -0.4 is 5.32 Å². The second-order valence-electron chi connectivity index (χ2n) is 8.55. The summed E-state index contributed by atoms with van der Waals surface area (Å²) >= 11 is 7.88. The zero-order chi connectivity index (χ0) is 25.8. The molecule has 0 spiro atoms. The predicted molar refractivity (Wildman–Crippen MR) is 148 cm³/mol. The molecule has 184 valence electrons. The number of carbonyl (C=O) groups is 2. The lowest BCUT2D eigenvalue weighted by Gasteiger charge is -2.13. The molecule has 2 N–H and O–H groups in total. The van der Waals surface area contributed by atoms with Crippen LogP contribution >= 0.6 is 23.4 Å². The summed E-state index contributed by atoms with van der Waals surface area (Å²) in [7, 11) is 0. The number of nitrogens with zero attached hydrogens (tertiary/aromatic N) is 1. The number of carboxylic acid groups (broad SMARTS) is 1. The monoisotopic (exact) mass is 526 g/mol. The maximum absolute atomic E-state index is 13.4. The largest absolute Gasteiger partial charge is 0.478 e. The number of halogens is 1. The standard InChI is InChI=1S/C30H23ClN2O3S/c31-23-6-4-5-21(17-23)19-33-16-15-25-27(37-24-7-2-1-3-8-24)14-13-26(28(25)33)29(34)32-18-20-9-11-22(12-10-20)30(35)36/h1-17H,18-19H2,(H,32,34)(H,35,36). The molecule has 1 aromatic heterocycles. The molecule has 7 heteroatoms. The summed E-state index contributed by atoms with van der Waals surface area (Å²) in [5.74, 6) is -1.18. The number of nitrogens with one attached hydrogen (secondary N) is 1. The van der Waals surface area contributed by atoms with Gasteiger partial charge in [-0.3, -0.25) is 4.79 Å². The van der Waals surface area contributed by atoms with Crippen LogP contribution in [0.2, 0.25) is 5.02 Å². The van der Waals surface area contributed by atoms with Crippen LogP contribution in [-0.4, -0.2) is 21.6 Å². The van der Waals surface area contributed by atoms with Crippen molar-refractivity contribution in [3.63, 3.8) is 0 Å². The van der Waals surface area contributed by atoms with Gasteiger partial charge in [-0.15, -0.1) is 0 Å². The van der Waals surface area contributed by atoms with E-state index in [2.05, 4.69) is 22.0 Å². The Kier molecular flexibility index (Phi) is 7.30. The zero-order valence-electron chi connectivity index (χ0n) is 19.7. The smallest absolute Gasteiger partial charge is 0.335 e. The first-order valence-electron chi connectivity index (χ1n) is 11.7. The summed E-state index contributed by atoms with van der Waals surface area (Å²) in [5.41, 5.74) is 3.49. The molecule has 4 aromatic carbocycles. The number of hydrogen-bond donors (Lipinski definition) is 2. The fraction of sp³-hybridized carbons (Fsp3) is 0.0667. The molecule has 0 aliphatic heterocycles. The first-order valence-corrected chi connectivity index (χ1v) is 12.9. The van der Waals surface area contributed by atoms with Gasteiger partial charge >= 0.3 is 5.97 Å². The second-order valence-corrected chi connectivity index (χ2v) is 10.1. The molecule has 0 fully saturated rings. The highest BCUT2D eigenvalue weighted by atomic mass is 35.5.